The molecule has 0 aliphatic heterocycles. The summed E-state index contributed by atoms with van der Waals surface area (Å²) in [6.45, 7) is 0. The van der Waals surface area contributed by atoms with Crippen molar-refractivity contribution in [1.82, 2.24) is 0 Å². The first-order valence-corrected chi connectivity index (χ1v) is 18.8. The number of rotatable bonds is 4. The summed E-state index contributed by atoms with van der Waals surface area (Å²) in [6, 6.07) is 72.5. The Kier molecular flexibility index (Phi) is 6.15. The summed E-state index contributed by atoms with van der Waals surface area (Å²) in [5.74, 6) is 0. The molecule has 0 radical (unpaired) electrons. The molecule has 0 unspecified atom stereocenters. The van der Waals surface area contributed by atoms with Crippen LogP contribution in [0.4, 0.5) is 0 Å². The van der Waals surface area contributed by atoms with Crippen LogP contribution in [0.3, 0.4) is 0 Å². The van der Waals surface area contributed by atoms with Gasteiger partial charge in [0.2, 0.25) is 0 Å². The third-order valence-electron chi connectivity index (χ3n) is 12.0. The Hall–Kier alpha value is -7.02. The van der Waals surface area contributed by atoms with Gasteiger partial charge in [-0.15, -0.1) is 0 Å². The third kappa shape index (κ3) is 4.14. The lowest BCUT2D eigenvalue weighted by atomic mass is 9.82. The van der Waals surface area contributed by atoms with Crippen molar-refractivity contribution < 1.29 is 0 Å². The van der Waals surface area contributed by atoms with Gasteiger partial charge >= 0.3 is 0 Å². The van der Waals surface area contributed by atoms with E-state index >= 15 is 0 Å². The molecule has 0 aliphatic carbocycles. The zero-order valence-electron chi connectivity index (χ0n) is 29.5. The Morgan fingerprint density at radius 1 is 0.185 bits per heavy atom. The van der Waals surface area contributed by atoms with Crippen LogP contribution in [0.25, 0.3) is 120 Å². The molecule has 0 saturated heterocycles. The molecule has 0 atom stereocenters. The monoisotopic (exact) mass is 680 g/mol. The minimum absolute atomic E-state index is 1.22. The number of hydrogen-bond acceptors (Lipinski definition) is 0. The maximum atomic E-state index is 2.37. The van der Waals surface area contributed by atoms with Crippen molar-refractivity contribution in [2.45, 2.75) is 0 Å². The number of hydrogen-bond donors (Lipinski definition) is 0. The molecule has 248 valence electrons. The van der Waals surface area contributed by atoms with E-state index in [0.29, 0.717) is 0 Å². The molecule has 0 heterocycles. The molecule has 12 rings (SSSR count). The zero-order valence-corrected chi connectivity index (χ0v) is 29.5. The molecule has 0 heteroatoms. The summed E-state index contributed by atoms with van der Waals surface area (Å²) >= 11 is 0. The molecule has 0 aliphatic rings. The molecular formula is C54H32. The third-order valence-corrected chi connectivity index (χ3v) is 12.0. The fourth-order valence-corrected chi connectivity index (χ4v) is 9.62. The Morgan fingerprint density at radius 2 is 0.574 bits per heavy atom. The van der Waals surface area contributed by atoms with Gasteiger partial charge in [0.25, 0.3) is 0 Å². The van der Waals surface area contributed by atoms with E-state index in [1.54, 1.807) is 0 Å². The van der Waals surface area contributed by atoms with Crippen LogP contribution < -0.4 is 0 Å². The molecule has 0 nitrogen and oxygen atoms in total. The van der Waals surface area contributed by atoms with E-state index in [0.717, 1.165) is 0 Å². The van der Waals surface area contributed by atoms with Crippen LogP contribution in [0, 0.1) is 0 Å². The maximum Gasteiger partial charge on any atom is -0.00204 e. The Labute approximate surface area is 312 Å². The molecular weight excluding hydrogens is 649 g/mol. The summed E-state index contributed by atoms with van der Waals surface area (Å²) in [6.07, 6.45) is 0. The van der Waals surface area contributed by atoms with Crippen LogP contribution in [0.1, 0.15) is 0 Å². The van der Waals surface area contributed by atoms with E-state index in [4.69, 9.17) is 0 Å². The SMILES string of the molecule is c1ccc(-c2cccc(-c3ccc(-c4ccc5ccc6cccc7ccc4c5c67)c4ccccc34)c2-c2ccc3ccc4cccc5ccc2c3c45)cc1. The fourth-order valence-electron chi connectivity index (χ4n) is 9.62. The van der Waals surface area contributed by atoms with Gasteiger partial charge in [-0.3, -0.25) is 0 Å². The van der Waals surface area contributed by atoms with Gasteiger partial charge in [-0.1, -0.05) is 194 Å². The van der Waals surface area contributed by atoms with E-state index < -0.39 is 0 Å². The van der Waals surface area contributed by atoms with Crippen LogP contribution in [0.15, 0.2) is 194 Å². The lowest BCUT2D eigenvalue weighted by molar-refractivity contribution is 1.58. The lowest BCUT2D eigenvalue weighted by Crippen LogP contribution is -1.94. The number of fused-ring (bicyclic) bond motifs is 1. The van der Waals surface area contributed by atoms with Crippen molar-refractivity contribution in [1.29, 1.82) is 0 Å². The van der Waals surface area contributed by atoms with Gasteiger partial charge in [0.15, 0.2) is 0 Å². The first-order chi connectivity index (χ1) is 26.8. The number of benzene rings is 12. The van der Waals surface area contributed by atoms with E-state index in [2.05, 4.69) is 194 Å². The van der Waals surface area contributed by atoms with Crippen LogP contribution in [0.2, 0.25) is 0 Å². The van der Waals surface area contributed by atoms with Gasteiger partial charge in [-0.05, 0) is 120 Å². The highest BCUT2D eigenvalue weighted by molar-refractivity contribution is 6.28. The Bertz CT molecular complexity index is 3390. The molecule has 0 fully saturated rings. The van der Waals surface area contributed by atoms with E-state index in [-0.39, 0.29) is 0 Å². The van der Waals surface area contributed by atoms with Crippen LogP contribution >= 0.6 is 0 Å². The molecule has 0 bridgehead atoms. The summed E-state index contributed by atoms with van der Waals surface area (Å²) in [5, 5.41) is 18.2. The van der Waals surface area contributed by atoms with Gasteiger partial charge in [0.1, 0.15) is 0 Å². The molecule has 12 aromatic carbocycles. The minimum atomic E-state index is 1.22. The maximum absolute atomic E-state index is 2.37. The lowest BCUT2D eigenvalue weighted by Gasteiger charge is -2.21. The van der Waals surface area contributed by atoms with Gasteiger partial charge in [-0.2, -0.15) is 0 Å². The van der Waals surface area contributed by atoms with Crippen LogP contribution in [0.5, 0.6) is 0 Å². The van der Waals surface area contributed by atoms with Crippen LogP contribution in [-0.4, -0.2) is 0 Å². The first kappa shape index (κ1) is 29.5. The first-order valence-electron chi connectivity index (χ1n) is 18.8. The van der Waals surface area contributed by atoms with Crippen molar-refractivity contribution >= 4 is 75.4 Å². The van der Waals surface area contributed by atoms with Gasteiger partial charge in [-0.25, -0.2) is 0 Å². The van der Waals surface area contributed by atoms with Crippen molar-refractivity contribution in [3.63, 3.8) is 0 Å². The minimum Gasteiger partial charge on any atom is -0.0622 e. The highest BCUT2D eigenvalue weighted by Crippen LogP contribution is 2.48. The summed E-state index contributed by atoms with van der Waals surface area (Å²) in [5.41, 5.74) is 9.99. The highest BCUT2D eigenvalue weighted by atomic mass is 14.2. The molecule has 0 spiro atoms. The standard InChI is InChI=1S/C54H32/c1-2-9-33(10-3-1)40-17-8-18-46(54(40)49-30-26-39-22-20-35-12-7-14-37-25-29-48(49)53(39)51(35)37)45-32-31-43(41-15-4-5-16-42(41)45)44-27-23-38-21-19-34-11-6-13-36-24-28-47(44)52(38)50(34)36/h1-32H. The van der Waals surface area contributed by atoms with Gasteiger partial charge in [0.05, 0.1) is 0 Å². The second kappa shape index (κ2) is 11.2. The quantitative estimate of drug-likeness (QED) is 0.162. The Morgan fingerprint density at radius 3 is 1.17 bits per heavy atom. The molecule has 12 aromatic rings. The van der Waals surface area contributed by atoms with Crippen molar-refractivity contribution in [3.8, 4) is 44.5 Å². The molecule has 0 amide bonds. The normalized spacial score (nSPS) is 12.1. The zero-order chi connectivity index (χ0) is 35.3. The molecule has 0 saturated carbocycles. The van der Waals surface area contributed by atoms with Gasteiger partial charge < -0.3 is 0 Å². The van der Waals surface area contributed by atoms with Crippen LogP contribution in [-0.2, 0) is 0 Å². The smallest absolute Gasteiger partial charge is 0.00204 e. The largest absolute Gasteiger partial charge is 0.0622 e. The average molecular weight is 681 g/mol. The fraction of sp³-hybridized carbons (Fsp3) is 0. The van der Waals surface area contributed by atoms with Crippen molar-refractivity contribution in [2.75, 3.05) is 0 Å². The highest BCUT2D eigenvalue weighted by Gasteiger charge is 2.21. The second-order valence-electron chi connectivity index (χ2n) is 14.7. The van der Waals surface area contributed by atoms with E-state index in [1.165, 1.54) is 120 Å². The van der Waals surface area contributed by atoms with Gasteiger partial charge in [0, 0.05) is 0 Å². The second-order valence-corrected chi connectivity index (χ2v) is 14.7. The summed E-state index contributed by atoms with van der Waals surface area (Å²) < 4.78 is 0. The van der Waals surface area contributed by atoms with E-state index in [1.807, 2.05) is 0 Å². The van der Waals surface area contributed by atoms with Crippen molar-refractivity contribution in [3.05, 3.63) is 194 Å². The van der Waals surface area contributed by atoms with Crippen molar-refractivity contribution in [2.24, 2.45) is 0 Å². The summed E-state index contributed by atoms with van der Waals surface area (Å²) in [7, 11) is 0. The van der Waals surface area contributed by atoms with E-state index in [9.17, 15) is 0 Å². The molecule has 0 aromatic heterocycles. The average Bonchev–Trinajstić information content (AvgIpc) is 3.24. The molecule has 0 N–H and O–H groups in total. The summed E-state index contributed by atoms with van der Waals surface area (Å²) in [4.78, 5) is 0. The topological polar surface area (TPSA) is 0 Å². The Balaban J connectivity index is 1.15. The predicted molar refractivity (Wildman–Crippen MR) is 233 cm³/mol. The molecule has 54 heavy (non-hydrogen) atoms. The predicted octanol–water partition coefficient (Wildman–Crippen LogP) is 15.3.